The fourth-order valence-corrected chi connectivity index (χ4v) is 3.77. The lowest BCUT2D eigenvalue weighted by Crippen LogP contribution is -2.50. The molecule has 4 nitrogen and oxygen atoms in total. The topological polar surface area (TPSA) is 49.4 Å². The molecule has 4 heteroatoms. The molecule has 1 aliphatic carbocycles. The number of fused-ring (bicyclic) bond motifs is 1. The Balaban J connectivity index is 1.71. The van der Waals surface area contributed by atoms with E-state index in [4.69, 9.17) is 0 Å². The average Bonchev–Trinajstić information content (AvgIpc) is 2.90. The predicted molar refractivity (Wildman–Crippen MR) is 90.0 cm³/mol. The predicted octanol–water partition coefficient (Wildman–Crippen LogP) is 3.26. The lowest BCUT2D eigenvalue weighted by atomic mass is 9.95. The van der Waals surface area contributed by atoms with Gasteiger partial charge in [0.05, 0.1) is 0 Å². The maximum absolute atomic E-state index is 12.8. The monoisotopic (exact) mass is 314 g/mol. The molecule has 1 fully saturated rings. The van der Waals surface area contributed by atoms with Gasteiger partial charge in [-0.15, -0.1) is 0 Å². The summed E-state index contributed by atoms with van der Waals surface area (Å²) in [6, 6.07) is 7.62. The van der Waals surface area contributed by atoms with Crippen molar-refractivity contribution in [2.24, 2.45) is 0 Å². The van der Waals surface area contributed by atoms with Gasteiger partial charge >= 0.3 is 0 Å². The smallest absolute Gasteiger partial charge is 0.255 e. The molecular weight excluding hydrogens is 288 g/mol. The van der Waals surface area contributed by atoms with E-state index in [0.29, 0.717) is 6.54 Å². The average molecular weight is 314 g/mol. The van der Waals surface area contributed by atoms with Gasteiger partial charge in [0.25, 0.3) is 5.91 Å². The number of rotatable bonds is 5. The third kappa shape index (κ3) is 3.41. The summed E-state index contributed by atoms with van der Waals surface area (Å²) >= 11 is 0. The molecule has 0 bridgehead atoms. The maximum atomic E-state index is 12.8. The van der Waals surface area contributed by atoms with E-state index in [0.717, 1.165) is 36.8 Å². The van der Waals surface area contributed by atoms with E-state index in [9.17, 15) is 9.59 Å². The summed E-state index contributed by atoms with van der Waals surface area (Å²) in [7, 11) is 0. The Kier molecular flexibility index (Phi) is 4.99. The first-order chi connectivity index (χ1) is 11.2. The molecule has 0 saturated heterocycles. The molecule has 1 atom stereocenters. The van der Waals surface area contributed by atoms with Gasteiger partial charge in [0.15, 0.2) is 0 Å². The zero-order valence-electron chi connectivity index (χ0n) is 13.9. The maximum Gasteiger partial charge on any atom is 0.255 e. The SMILES string of the molecule is CCC[C@H](C(=O)NC1CCCCC1)N1Cc2ccccc2C1=O. The molecule has 2 aliphatic rings. The summed E-state index contributed by atoms with van der Waals surface area (Å²) in [5.41, 5.74) is 1.78. The van der Waals surface area contributed by atoms with E-state index in [-0.39, 0.29) is 23.9 Å². The summed E-state index contributed by atoms with van der Waals surface area (Å²) in [4.78, 5) is 27.2. The molecule has 2 amide bonds. The molecule has 1 heterocycles. The highest BCUT2D eigenvalue weighted by molar-refractivity contribution is 6.01. The van der Waals surface area contributed by atoms with Gasteiger partial charge in [-0.2, -0.15) is 0 Å². The van der Waals surface area contributed by atoms with Gasteiger partial charge in [-0.3, -0.25) is 9.59 Å². The Morgan fingerprint density at radius 3 is 2.70 bits per heavy atom. The van der Waals surface area contributed by atoms with Gasteiger partial charge in [0.2, 0.25) is 5.91 Å². The van der Waals surface area contributed by atoms with Crippen molar-refractivity contribution < 1.29 is 9.59 Å². The number of nitrogens with one attached hydrogen (secondary N) is 1. The second-order valence-electron chi connectivity index (χ2n) is 6.74. The van der Waals surface area contributed by atoms with Crippen molar-refractivity contribution in [1.29, 1.82) is 0 Å². The lowest BCUT2D eigenvalue weighted by Gasteiger charge is -2.30. The van der Waals surface area contributed by atoms with Crippen molar-refractivity contribution in [2.45, 2.75) is 70.5 Å². The van der Waals surface area contributed by atoms with Gasteiger partial charge in [0.1, 0.15) is 6.04 Å². The summed E-state index contributed by atoms with van der Waals surface area (Å²) < 4.78 is 0. The summed E-state index contributed by atoms with van der Waals surface area (Å²) in [5.74, 6) is 0.0257. The Bertz CT molecular complexity index is 578. The van der Waals surface area contributed by atoms with E-state index in [1.54, 1.807) is 4.90 Å². The molecule has 0 unspecified atom stereocenters. The van der Waals surface area contributed by atoms with Crippen LogP contribution in [-0.2, 0) is 11.3 Å². The molecule has 1 aliphatic heterocycles. The van der Waals surface area contributed by atoms with E-state index < -0.39 is 0 Å². The van der Waals surface area contributed by atoms with Crippen molar-refractivity contribution in [3.8, 4) is 0 Å². The minimum Gasteiger partial charge on any atom is -0.352 e. The highest BCUT2D eigenvalue weighted by Gasteiger charge is 2.36. The van der Waals surface area contributed by atoms with Gasteiger partial charge in [-0.25, -0.2) is 0 Å². The van der Waals surface area contributed by atoms with Crippen LogP contribution < -0.4 is 5.32 Å². The third-order valence-electron chi connectivity index (χ3n) is 5.04. The summed E-state index contributed by atoms with van der Waals surface area (Å²) in [5, 5.41) is 3.20. The van der Waals surface area contributed by atoms with Gasteiger partial charge in [-0.1, -0.05) is 50.8 Å². The molecule has 1 saturated carbocycles. The number of amides is 2. The molecule has 1 aromatic carbocycles. The first-order valence-corrected chi connectivity index (χ1v) is 8.90. The zero-order chi connectivity index (χ0) is 16.2. The normalized spacial score (nSPS) is 19.5. The zero-order valence-corrected chi connectivity index (χ0v) is 13.9. The van der Waals surface area contributed by atoms with Gasteiger partial charge < -0.3 is 10.2 Å². The second-order valence-corrected chi connectivity index (χ2v) is 6.74. The van der Waals surface area contributed by atoms with Gasteiger partial charge in [-0.05, 0) is 30.9 Å². The van der Waals surface area contributed by atoms with Crippen LogP contribution in [-0.4, -0.2) is 28.8 Å². The van der Waals surface area contributed by atoms with Crippen LogP contribution in [0.4, 0.5) is 0 Å². The molecule has 0 spiro atoms. The Morgan fingerprint density at radius 1 is 1.26 bits per heavy atom. The summed E-state index contributed by atoms with van der Waals surface area (Å²) in [6.45, 7) is 2.62. The van der Waals surface area contributed by atoms with E-state index >= 15 is 0 Å². The number of hydrogen-bond donors (Lipinski definition) is 1. The first-order valence-electron chi connectivity index (χ1n) is 8.90. The van der Waals surface area contributed by atoms with Crippen LogP contribution in [0.2, 0.25) is 0 Å². The number of hydrogen-bond acceptors (Lipinski definition) is 2. The summed E-state index contributed by atoms with van der Waals surface area (Å²) in [6.07, 6.45) is 7.40. The highest BCUT2D eigenvalue weighted by Crippen LogP contribution is 2.26. The molecule has 23 heavy (non-hydrogen) atoms. The Labute approximate surface area is 138 Å². The van der Waals surface area contributed by atoms with E-state index in [2.05, 4.69) is 12.2 Å². The Morgan fingerprint density at radius 2 is 2.00 bits per heavy atom. The van der Waals surface area contributed by atoms with Crippen molar-refractivity contribution >= 4 is 11.8 Å². The van der Waals surface area contributed by atoms with Crippen molar-refractivity contribution in [2.75, 3.05) is 0 Å². The minimum atomic E-state index is -0.346. The second kappa shape index (κ2) is 7.16. The molecule has 3 rings (SSSR count). The molecule has 1 N–H and O–H groups in total. The number of carbonyl (C=O) groups is 2. The van der Waals surface area contributed by atoms with Crippen LogP contribution in [0, 0.1) is 0 Å². The quantitative estimate of drug-likeness (QED) is 0.907. The molecule has 0 aromatic heterocycles. The van der Waals surface area contributed by atoms with Crippen molar-refractivity contribution in [3.05, 3.63) is 35.4 Å². The van der Waals surface area contributed by atoms with Crippen LogP contribution in [0.3, 0.4) is 0 Å². The first kappa shape index (κ1) is 16.0. The van der Waals surface area contributed by atoms with E-state index in [1.165, 1.54) is 19.3 Å². The van der Waals surface area contributed by atoms with Crippen LogP contribution in [0.1, 0.15) is 67.8 Å². The van der Waals surface area contributed by atoms with E-state index in [1.807, 2.05) is 24.3 Å². The van der Waals surface area contributed by atoms with Crippen LogP contribution >= 0.6 is 0 Å². The molecule has 0 radical (unpaired) electrons. The van der Waals surface area contributed by atoms with Crippen LogP contribution in [0.5, 0.6) is 0 Å². The fourth-order valence-electron chi connectivity index (χ4n) is 3.77. The highest BCUT2D eigenvalue weighted by atomic mass is 16.2. The van der Waals surface area contributed by atoms with Crippen LogP contribution in [0.15, 0.2) is 24.3 Å². The van der Waals surface area contributed by atoms with Gasteiger partial charge in [0, 0.05) is 18.2 Å². The van der Waals surface area contributed by atoms with Crippen molar-refractivity contribution in [1.82, 2.24) is 10.2 Å². The minimum absolute atomic E-state index is 0.00200. The number of benzene rings is 1. The Hall–Kier alpha value is -1.84. The van der Waals surface area contributed by atoms with Crippen LogP contribution in [0.25, 0.3) is 0 Å². The van der Waals surface area contributed by atoms with Crippen molar-refractivity contribution in [3.63, 3.8) is 0 Å². The standard InChI is InChI=1S/C19H26N2O2/c1-2-8-17(18(22)20-15-10-4-3-5-11-15)21-13-14-9-6-7-12-16(14)19(21)23/h6-7,9,12,15,17H,2-5,8,10-11,13H2,1H3,(H,20,22)/t17-/m1/s1. The fraction of sp³-hybridized carbons (Fsp3) is 0.579. The number of nitrogens with zero attached hydrogens (tertiary/aromatic N) is 1. The largest absolute Gasteiger partial charge is 0.352 e. The third-order valence-corrected chi connectivity index (χ3v) is 5.04. The molecule has 124 valence electrons. The number of carbonyl (C=O) groups excluding carboxylic acids is 2. The lowest BCUT2D eigenvalue weighted by molar-refractivity contribution is -0.127. The molecular formula is C19H26N2O2. The molecule has 1 aromatic rings.